The highest BCUT2D eigenvalue weighted by Gasteiger charge is 2.25. The Bertz CT molecular complexity index is 544. The zero-order valence-corrected chi connectivity index (χ0v) is 12.3. The summed E-state index contributed by atoms with van der Waals surface area (Å²) in [6, 6.07) is 7.94. The van der Waals surface area contributed by atoms with Crippen molar-refractivity contribution < 1.29 is 5.11 Å². The van der Waals surface area contributed by atoms with Crippen LogP contribution in [0.1, 0.15) is 45.9 Å². The lowest BCUT2D eigenvalue weighted by Crippen LogP contribution is -2.20. The largest absolute Gasteiger partial charge is 0.387 e. The van der Waals surface area contributed by atoms with E-state index in [4.69, 9.17) is 5.73 Å². The molecule has 106 valence electrons. The number of nitrogens with zero attached hydrogens (tertiary/aromatic N) is 1. The van der Waals surface area contributed by atoms with Crippen LogP contribution in [0, 0.1) is 0 Å². The molecule has 0 fully saturated rings. The number of hydrogen-bond acceptors (Lipinski definition) is 4. The molecule has 2 heterocycles. The van der Waals surface area contributed by atoms with Crippen molar-refractivity contribution in [3.05, 3.63) is 51.5 Å². The van der Waals surface area contributed by atoms with Crippen LogP contribution in [0.5, 0.6) is 0 Å². The van der Waals surface area contributed by atoms with Crippen molar-refractivity contribution in [1.29, 1.82) is 0 Å². The molecule has 3 N–H and O–H groups in total. The normalized spacial score (nSPS) is 17.5. The first-order chi connectivity index (χ1) is 9.79. The van der Waals surface area contributed by atoms with Crippen molar-refractivity contribution >= 4 is 11.3 Å². The van der Waals surface area contributed by atoms with Gasteiger partial charge in [0.15, 0.2) is 0 Å². The van der Waals surface area contributed by atoms with Crippen LogP contribution >= 0.6 is 11.3 Å². The number of aryl methyl sites for hydroxylation is 2. The summed E-state index contributed by atoms with van der Waals surface area (Å²) in [6.07, 6.45) is 6.04. The quantitative estimate of drug-likeness (QED) is 0.909. The Kier molecular flexibility index (Phi) is 4.15. The molecule has 0 spiro atoms. The topological polar surface area (TPSA) is 59.1 Å². The molecule has 0 saturated heterocycles. The van der Waals surface area contributed by atoms with Crippen LogP contribution in [0.3, 0.4) is 0 Å². The second kappa shape index (κ2) is 6.04. The first-order valence-corrected chi connectivity index (χ1v) is 8.02. The Labute approximate surface area is 123 Å². The van der Waals surface area contributed by atoms with Gasteiger partial charge in [-0.2, -0.15) is 0 Å². The summed E-state index contributed by atoms with van der Waals surface area (Å²) in [5.41, 5.74) is 8.16. The van der Waals surface area contributed by atoms with E-state index in [1.165, 1.54) is 23.3 Å². The lowest BCUT2D eigenvalue weighted by Gasteiger charge is -2.19. The van der Waals surface area contributed by atoms with Gasteiger partial charge in [0, 0.05) is 34.1 Å². The fraction of sp³-hybridized carbons (Fsp3) is 0.438. The molecule has 0 aromatic carbocycles. The van der Waals surface area contributed by atoms with E-state index in [0.29, 0.717) is 6.54 Å². The summed E-state index contributed by atoms with van der Waals surface area (Å²) in [5.74, 6) is -0.128. The van der Waals surface area contributed by atoms with Crippen LogP contribution in [0.4, 0.5) is 0 Å². The van der Waals surface area contributed by atoms with Crippen LogP contribution in [0.25, 0.3) is 0 Å². The van der Waals surface area contributed by atoms with E-state index < -0.39 is 6.10 Å². The molecule has 4 heteroatoms. The molecule has 20 heavy (non-hydrogen) atoms. The fourth-order valence-corrected chi connectivity index (χ4v) is 4.17. The average molecular weight is 288 g/mol. The summed E-state index contributed by atoms with van der Waals surface area (Å²) in [7, 11) is 0. The summed E-state index contributed by atoms with van der Waals surface area (Å²) in [4.78, 5) is 6.83. The van der Waals surface area contributed by atoms with Gasteiger partial charge in [-0.05, 0) is 49.4 Å². The number of rotatable bonds is 4. The summed E-state index contributed by atoms with van der Waals surface area (Å²) < 4.78 is 0. The van der Waals surface area contributed by atoms with E-state index in [0.717, 1.165) is 23.4 Å². The minimum atomic E-state index is -0.550. The molecule has 2 aromatic rings. The van der Waals surface area contributed by atoms with Crippen molar-refractivity contribution in [3.63, 3.8) is 0 Å². The first kappa shape index (κ1) is 13.7. The van der Waals surface area contributed by atoms with Crippen molar-refractivity contribution in [1.82, 2.24) is 4.98 Å². The molecule has 0 aliphatic heterocycles. The SMILES string of the molecule is NCC(c1ccccn1)C(O)c1cc2c(s1)CCCC2. The molecule has 2 unspecified atom stereocenters. The molecule has 2 atom stereocenters. The average Bonchev–Trinajstić information content (AvgIpc) is 2.93. The monoisotopic (exact) mass is 288 g/mol. The summed E-state index contributed by atoms with van der Waals surface area (Å²) in [5, 5.41) is 10.7. The molecule has 2 aromatic heterocycles. The van der Waals surface area contributed by atoms with Gasteiger partial charge in [0.25, 0.3) is 0 Å². The van der Waals surface area contributed by atoms with E-state index in [1.807, 2.05) is 18.2 Å². The van der Waals surface area contributed by atoms with E-state index in [9.17, 15) is 5.11 Å². The molecule has 3 nitrogen and oxygen atoms in total. The number of nitrogens with two attached hydrogens (primary N) is 1. The molecular weight excluding hydrogens is 268 g/mol. The molecule has 0 amide bonds. The zero-order chi connectivity index (χ0) is 13.9. The number of aromatic nitrogens is 1. The van der Waals surface area contributed by atoms with Gasteiger partial charge >= 0.3 is 0 Å². The van der Waals surface area contributed by atoms with Gasteiger partial charge in [-0.15, -0.1) is 11.3 Å². The third-order valence-electron chi connectivity index (χ3n) is 4.01. The molecule has 3 rings (SSSR count). The number of thiophene rings is 1. The lowest BCUT2D eigenvalue weighted by atomic mass is 9.94. The maximum absolute atomic E-state index is 10.7. The third kappa shape index (κ3) is 2.64. The van der Waals surface area contributed by atoms with Crippen molar-refractivity contribution in [2.24, 2.45) is 5.73 Å². The highest BCUT2D eigenvalue weighted by Crippen LogP contribution is 2.37. The fourth-order valence-electron chi connectivity index (χ4n) is 2.86. The standard InChI is InChI=1S/C16H20N2OS/c17-10-12(13-6-3-4-8-18-13)16(19)15-9-11-5-1-2-7-14(11)20-15/h3-4,6,8-9,12,16,19H,1-2,5,7,10,17H2. The minimum Gasteiger partial charge on any atom is -0.387 e. The lowest BCUT2D eigenvalue weighted by molar-refractivity contribution is 0.149. The van der Waals surface area contributed by atoms with E-state index in [-0.39, 0.29) is 5.92 Å². The first-order valence-electron chi connectivity index (χ1n) is 7.20. The Morgan fingerprint density at radius 1 is 1.30 bits per heavy atom. The van der Waals surface area contributed by atoms with Gasteiger partial charge < -0.3 is 10.8 Å². The molecular formula is C16H20N2OS. The smallest absolute Gasteiger partial charge is 0.0977 e. The summed E-state index contributed by atoms with van der Waals surface area (Å²) >= 11 is 1.75. The number of aliphatic hydroxyl groups excluding tert-OH is 1. The zero-order valence-electron chi connectivity index (χ0n) is 11.5. The van der Waals surface area contributed by atoms with Crippen LogP contribution in [-0.2, 0) is 12.8 Å². The number of hydrogen-bond donors (Lipinski definition) is 2. The molecule has 1 aliphatic carbocycles. The van der Waals surface area contributed by atoms with E-state index in [2.05, 4.69) is 11.1 Å². The van der Waals surface area contributed by atoms with E-state index in [1.54, 1.807) is 17.5 Å². The van der Waals surface area contributed by atoms with Crippen LogP contribution in [0.2, 0.25) is 0 Å². The van der Waals surface area contributed by atoms with Crippen LogP contribution in [0.15, 0.2) is 30.5 Å². The Morgan fingerprint density at radius 3 is 2.85 bits per heavy atom. The highest BCUT2D eigenvalue weighted by atomic mass is 32.1. The maximum Gasteiger partial charge on any atom is 0.0977 e. The molecule has 0 radical (unpaired) electrons. The third-order valence-corrected chi connectivity index (χ3v) is 5.32. The van der Waals surface area contributed by atoms with Crippen molar-refractivity contribution in [2.45, 2.75) is 37.7 Å². The predicted molar refractivity (Wildman–Crippen MR) is 82.0 cm³/mol. The van der Waals surface area contributed by atoms with E-state index >= 15 is 0 Å². The van der Waals surface area contributed by atoms with Crippen molar-refractivity contribution in [3.8, 4) is 0 Å². The van der Waals surface area contributed by atoms with Gasteiger partial charge in [-0.3, -0.25) is 4.98 Å². The minimum absolute atomic E-state index is 0.128. The van der Waals surface area contributed by atoms with Gasteiger partial charge in [0.05, 0.1) is 6.10 Å². The van der Waals surface area contributed by atoms with Gasteiger partial charge in [0.1, 0.15) is 0 Å². The molecule has 0 bridgehead atoms. The Balaban J connectivity index is 1.86. The summed E-state index contributed by atoms with van der Waals surface area (Å²) in [6.45, 7) is 0.404. The van der Waals surface area contributed by atoms with Crippen molar-refractivity contribution in [2.75, 3.05) is 6.54 Å². The number of pyridine rings is 1. The van der Waals surface area contributed by atoms with Crippen LogP contribution < -0.4 is 5.73 Å². The van der Waals surface area contributed by atoms with Crippen LogP contribution in [-0.4, -0.2) is 16.6 Å². The van der Waals surface area contributed by atoms with Gasteiger partial charge in [0.2, 0.25) is 0 Å². The predicted octanol–water partition coefficient (Wildman–Crippen LogP) is 2.80. The Morgan fingerprint density at radius 2 is 2.15 bits per heavy atom. The number of aliphatic hydroxyl groups is 1. The Hall–Kier alpha value is -1.23. The number of fused-ring (bicyclic) bond motifs is 1. The van der Waals surface area contributed by atoms with Gasteiger partial charge in [-0.25, -0.2) is 0 Å². The van der Waals surface area contributed by atoms with Gasteiger partial charge in [-0.1, -0.05) is 6.07 Å². The second-order valence-electron chi connectivity index (χ2n) is 5.35. The second-order valence-corrected chi connectivity index (χ2v) is 6.51. The molecule has 0 saturated carbocycles. The maximum atomic E-state index is 10.7. The highest BCUT2D eigenvalue weighted by molar-refractivity contribution is 7.12. The molecule has 1 aliphatic rings.